The third kappa shape index (κ3) is 11.8. The van der Waals surface area contributed by atoms with Gasteiger partial charge in [0.1, 0.15) is 17.3 Å². The van der Waals surface area contributed by atoms with Gasteiger partial charge in [-0.15, -0.1) is 11.3 Å². The minimum absolute atomic E-state index is 0.0131. The van der Waals surface area contributed by atoms with E-state index >= 15 is 0 Å². The van der Waals surface area contributed by atoms with Crippen molar-refractivity contribution in [3.05, 3.63) is 23.3 Å². The molecule has 0 unspecified atom stereocenters. The van der Waals surface area contributed by atoms with Crippen molar-refractivity contribution in [1.82, 2.24) is 26.3 Å². The monoisotopic (exact) mass is 654 g/mol. The highest BCUT2D eigenvalue weighted by Gasteiger charge is 2.39. The van der Waals surface area contributed by atoms with Crippen molar-refractivity contribution in [2.24, 2.45) is 0 Å². The number of nitrogens with zero attached hydrogens (tertiary/aromatic N) is 2. The molecule has 1 aliphatic heterocycles. The zero-order valence-electron chi connectivity index (χ0n) is 27.5. The van der Waals surface area contributed by atoms with E-state index in [0.717, 1.165) is 0 Å². The Morgan fingerprint density at radius 3 is 2.34 bits per heavy atom. The molecule has 1 aromatic heterocycles. The van der Waals surface area contributed by atoms with Gasteiger partial charge in [0.15, 0.2) is 13.4 Å². The number of hydrogen-bond donors (Lipinski definition) is 4. The number of thiazole rings is 1. The molecule has 1 saturated heterocycles. The van der Waals surface area contributed by atoms with Crippen molar-refractivity contribution >= 4 is 48.6 Å². The molecule has 44 heavy (non-hydrogen) atoms. The summed E-state index contributed by atoms with van der Waals surface area (Å²) in [6.45, 7) is 21.2. The summed E-state index contributed by atoms with van der Waals surface area (Å²) < 4.78 is 16.5. The van der Waals surface area contributed by atoms with Crippen molar-refractivity contribution in [1.29, 1.82) is 0 Å². The first-order valence-corrected chi connectivity index (χ1v) is 18.5. The Morgan fingerprint density at radius 2 is 1.77 bits per heavy atom. The smallest absolute Gasteiger partial charge is 0.407 e. The van der Waals surface area contributed by atoms with Crippen molar-refractivity contribution in [2.45, 2.75) is 90.2 Å². The van der Waals surface area contributed by atoms with Crippen LogP contribution in [0.15, 0.2) is 17.7 Å². The standard InChI is InChI=1S/C29H50N6O7SSi/c1-19(23(36)30-13-16-40-8)31-24(37)21(17-41-44(9,10)29(5,6)7)33-25(38)22-18-43-26(34-22)35-14-11-20(12-15-35)32-27(39)42-28(2,3)4/h18,20-21H,1,11-17H2,2-10H3,(H,30,36)(H,31,37)(H,32,39)(H,33,38)/t21-/m0/s1. The van der Waals surface area contributed by atoms with Crippen LogP contribution in [0.5, 0.6) is 0 Å². The lowest BCUT2D eigenvalue weighted by Gasteiger charge is -2.37. The van der Waals surface area contributed by atoms with Crippen LogP contribution in [0.1, 0.15) is 64.9 Å². The van der Waals surface area contributed by atoms with Crippen LogP contribution in [0.4, 0.5) is 9.93 Å². The number of carbonyl (C=O) groups is 4. The maximum absolute atomic E-state index is 13.3. The molecular formula is C29H50N6O7SSi. The van der Waals surface area contributed by atoms with Crippen LogP contribution < -0.4 is 26.2 Å². The number of carbonyl (C=O) groups excluding carboxylic acids is 4. The van der Waals surface area contributed by atoms with Gasteiger partial charge in [-0.05, 0) is 51.7 Å². The van der Waals surface area contributed by atoms with Crippen LogP contribution in [0.25, 0.3) is 0 Å². The lowest BCUT2D eigenvalue weighted by atomic mass is 10.1. The van der Waals surface area contributed by atoms with E-state index in [-0.39, 0.29) is 35.6 Å². The van der Waals surface area contributed by atoms with Gasteiger partial charge in [-0.2, -0.15) is 0 Å². The highest BCUT2D eigenvalue weighted by molar-refractivity contribution is 7.13. The molecule has 0 aliphatic carbocycles. The average Bonchev–Trinajstić information content (AvgIpc) is 3.40. The van der Waals surface area contributed by atoms with E-state index in [0.29, 0.717) is 37.7 Å². The number of anilines is 1. The minimum atomic E-state index is -2.28. The van der Waals surface area contributed by atoms with E-state index in [1.165, 1.54) is 18.4 Å². The first-order valence-electron chi connectivity index (χ1n) is 14.7. The van der Waals surface area contributed by atoms with Gasteiger partial charge in [0.05, 0.1) is 18.9 Å². The number of aromatic nitrogens is 1. The Labute approximate surface area is 266 Å². The predicted molar refractivity (Wildman–Crippen MR) is 173 cm³/mol. The first kappa shape index (κ1) is 37.2. The summed E-state index contributed by atoms with van der Waals surface area (Å²) in [4.78, 5) is 57.5. The van der Waals surface area contributed by atoms with Gasteiger partial charge >= 0.3 is 6.09 Å². The second-order valence-electron chi connectivity index (χ2n) is 13.2. The third-order valence-electron chi connectivity index (χ3n) is 7.39. The fourth-order valence-corrected chi connectivity index (χ4v) is 5.67. The highest BCUT2D eigenvalue weighted by atomic mass is 32.1. The summed E-state index contributed by atoms with van der Waals surface area (Å²) >= 11 is 1.33. The van der Waals surface area contributed by atoms with Gasteiger partial charge in [0.2, 0.25) is 5.91 Å². The van der Waals surface area contributed by atoms with E-state index in [1.54, 1.807) is 5.38 Å². The summed E-state index contributed by atoms with van der Waals surface area (Å²) in [6.07, 6.45) is 0.975. The summed E-state index contributed by atoms with van der Waals surface area (Å²) in [7, 11) is -0.763. The molecule has 2 heterocycles. The number of rotatable bonds is 13. The zero-order valence-corrected chi connectivity index (χ0v) is 29.4. The number of ether oxygens (including phenoxy) is 2. The summed E-state index contributed by atoms with van der Waals surface area (Å²) in [6, 6.07) is -1.11. The summed E-state index contributed by atoms with van der Waals surface area (Å²) in [5.41, 5.74) is -0.551. The summed E-state index contributed by atoms with van der Waals surface area (Å²) in [5, 5.41) is 12.9. The minimum Gasteiger partial charge on any atom is -0.444 e. The highest BCUT2D eigenvalue weighted by Crippen LogP contribution is 2.36. The number of piperidine rings is 1. The molecule has 0 saturated carbocycles. The molecule has 1 fully saturated rings. The number of amides is 4. The number of hydrogen-bond acceptors (Lipinski definition) is 10. The maximum atomic E-state index is 13.3. The Bertz CT molecular complexity index is 1170. The van der Waals surface area contributed by atoms with Crippen LogP contribution >= 0.6 is 11.3 Å². The lowest BCUT2D eigenvalue weighted by molar-refractivity contribution is -0.125. The Kier molecular flexibility index (Phi) is 13.4. The molecular weight excluding hydrogens is 605 g/mol. The van der Waals surface area contributed by atoms with Crippen molar-refractivity contribution in [3.63, 3.8) is 0 Å². The van der Waals surface area contributed by atoms with E-state index in [4.69, 9.17) is 13.9 Å². The van der Waals surface area contributed by atoms with E-state index in [1.807, 2.05) is 33.9 Å². The Hall–Kier alpha value is -3.01. The van der Waals surface area contributed by atoms with Crippen molar-refractivity contribution in [3.8, 4) is 0 Å². The van der Waals surface area contributed by atoms with Gasteiger partial charge < -0.3 is 40.1 Å². The van der Waals surface area contributed by atoms with Crippen molar-refractivity contribution in [2.75, 3.05) is 44.9 Å². The topological polar surface area (TPSA) is 160 Å². The second kappa shape index (κ2) is 15.8. The number of nitrogens with one attached hydrogen (secondary N) is 4. The first-order chi connectivity index (χ1) is 20.3. The van der Waals surface area contributed by atoms with Crippen LogP contribution in [0.2, 0.25) is 18.1 Å². The molecule has 15 heteroatoms. The van der Waals surface area contributed by atoms with E-state index < -0.39 is 43.8 Å². The van der Waals surface area contributed by atoms with Gasteiger partial charge in [-0.1, -0.05) is 27.4 Å². The fourth-order valence-electron chi connectivity index (χ4n) is 3.79. The average molecular weight is 655 g/mol. The van der Waals surface area contributed by atoms with Crippen LogP contribution in [-0.2, 0) is 23.5 Å². The van der Waals surface area contributed by atoms with Gasteiger partial charge in [-0.25, -0.2) is 9.78 Å². The second-order valence-corrected chi connectivity index (χ2v) is 18.9. The summed E-state index contributed by atoms with van der Waals surface area (Å²) in [5.74, 6) is -1.72. The quantitative estimate of drug-likeness (QED) is 0.142. The number of alkyl carbamates (subject to hydrolysis) is 1. The molecule has 4 N–H and O–H groups in total. The lowest BCUT2D eigenvalue weighted by Crippen LogP contribution is -2.53. The molecule has 4 amide bonds. The number of methoxy groups -OCH3 is 1. The molecule has 0 aromatic carbocycles. The zero-order chi connectivity index (χ0) is 33.3. The van der Waals surface area contributed by atoms with Gasteiger partial charge in [0.25, 0.3) is 11.8 Å². The Balaban J connectivity index is 2.05. The molecule has 0 radical (unpaired) electrons. The molecule has 2 rings (SSSR count). The molecule has 1 atom stereocenters. The van der Waals surface area contributed by atoms with Crippen LogP contribution in [-0.4, -0.2) is 94.8 Å². The third-order valence-corrected chi connectivity index (χ3v) is 12.8. The molecule has 13 nitrogen and oxygen atoms in total. The Morgan fingerprint density at radius 1 is 1.14 bits per heavy atom. The van der Waals surface area contributed by atoms with Gasteiger partial charge in [-0.3, -0.25) is 14.4 Å². The SMILES string of the molecule is C=C(NC(=O)[C@H](CO[Si](C)(C)C(C)(C)C)NC(=O)c1csc(N2CCC(NC(=O)OC(C)(C)C)CC2)n1)C(=O)NCCOC. The van der Waals surface area contributed by atoms with E-state index in [2.05, 4.69) is 58.5 Å². The molecule has 1 aromatic rings. The normalized spacial score (nSPS) is 15.2. The van der Waals surface area contributed by atoms with Crippen molar-refractivity contribution < 1.29 is 33.1 Å². The van der Waals surface area contributed by atoms with Gasteiger partial charge in [0, 0.05) is 38.2 Å². The largest absolute Gasteiger partial charge is 0.444 e. The van der Waals surface area contributed by atoms with Crippen LogP contribution in [0, 0.1) is 0 Å². The predicted octanol–water partition coefficient (Wildman–Crippen LogP) is 3.15. The fraction of sp³-hybridized carbons (Fsp3) is 0.690. The maximum Gasteiger partial charge on any atom is 0.407 e. The molecule has 0 spiro atoms. The molecule has 248 valence electrons. The van der Waals surface area contributed by atoms with Crippen LogP contribution in [0.3, 0.4) is 0 Å². The van der Waals surface area contributed by atoms with E-state index in [9.17, 15) is 19.2 Å². The molecule has 1 aliphatic rings. The molecule has 0 bridgehead atoms.